The summed E-state index contributed by atoms with van der Waals surface area (Å²) >= 11 is 0. The van der Waals surface area contributed by atoms with Crippen LogP contribution in [0, 0.1) is 0 Å². The van der Waals surface area contributed by atoms with Crippen LogP contribution in [-0.2, 0) is 16.0 Å². The van der Waals surface area contributed by atoms with E-state index in [4.69, 9.17) is 0 Å². The molecule has 1 atom stereocenters. The maximum Gasteiger partial charge on any atom is 0.326 e. The molecular weight excluding hydrogens is 362 g/mol. The van der Waals surface area contributed by atoms with Crippen molar-refractivity contribution >= 4 is 33.4 Å². The molecule has 0 fully saturated rings. The zero-order valence-electron chi connectivity index (χ0n) is 16.1. The summed E-state index contributed by atoms with van der Waals surface area (Å²) in [6.07, 6.45) is 0.242. The number of carbonyl (C=O) groups excluding carboxylic acids is 1. The number of rotatable bonds is 5. The molecule has 0 saturated heterocycles. The second-order valence-electron chi connectivity index (χ2n) is 7.19. The number of hydrogen-bond acceptors (Lipinski definition) is 2. The van der Waals surface area contributed by atoms with Crippen molar-refractivity contribution in [3.05, 3.63) is 84.4 Å². The van der Waals surface area contributed by atoms with E-state index in [1.807, 2.05) is 48.5 Å². The van der Waals surface area contributed by atoms with Gasteiger partial charge < -0.3 is 10.4 Å². The third kappa shape index (κ3) is 3.83. The van der Waals surface area contributed by atoms with Crippen LogP contribution in [0.5, 0.6) is 0 Å². The Bertz CT molecular complexity index is 1160. The second-order valence-corrected chi connectivity index (χ2v) is 7.19. The van der Waals surface area contributed by atoms with Crippen LogP contribution in [-0.4, -0.2) is 23.0 Å². The maximum atomic E-state index is 11.4. The lowest BCUT2D eigenvalue weighted by molar-refractivity contribution is -0.141. The lowest BCUT2D eigenvalue weighted by Crippen LogP contribution is -2.41. The van der Waals surface area contributed by atoms with E-state index in [-0.39, 0.29) is 12.3 Å². The molecule has 0 aliphatic carbocycles. The first kappa shape index (κ1) is 18.7. The number of hydrogen-bond donors (Lipinski definition) is 2. The smallest absolute Gasteiger partial charge is 0.326 e. The van der Waals surface area contributed by atoms with Crippen LogP contribution in [0.25, 0.3) is 32.7 Å². The molecule has 0 aromatic heterocycles. The summed E-state index contributed by atoms with van der Waals surface area (Å²) in [5.41, 5.74) is 3.11. The summed E-state index contributed by atoms with van der Waals surface area (Å²) in [6.45, 7) is 1.32. The van der Waals surface area contributed by atoms with Crippen LogP contribution < -0.4 is 5.32 Å². The van der Waals surface area contributed by atoms with Crippen molar-refractivity contribution in [2.24, 2.45) is 0 Å². The highest BCUT2D eigenvalue weighted by atomic mass is 16.4. The largest absolute Gasteiger partial charge is 0.480 e. The van der Waals surface area contributed by atoms with Crippen LogP contribution in [0.15, 0.2) is 78.9 Å². The molecule has 0 spiro atoms. The first-order chi connectivity index (χ1) is 14.0. The van der Waals surface area contributed by atoms with Crippen LogP contribution in [0.2, 0.25) is 0 Å². The third-order valence-corrected chi connectivity index (χ3v) is 5.13. The third-order valence-electron chi connectivity index (χ3n) is 5.13. The Hall–Kier alpha value is -3.66. The number of benzene rings is 4. The summed E-state index contributed by atoms with van der Waals surface area (Å²) in [4.78, 5) is 22.7. The molecule has 0 aliphatic heterocycles. The molecule has 144 valence electrons. The van der Waals surface area contributed by atoms with Crippen molar-refractivity contribution in [3.8, 4) is 11.1 Å². The standard InChI is InChI=1S/C25H21NO3/c1-16(27)26-23(25(28)29)14-17-10-12-18(13-11-17)24-21-8-4-2-6-19(21)15-20-7-3-5-9-22(20)24/h2-13,15,23H,14H2,1H3,(H,26,27)(H,28,29)/t23-/m0/s1. The van der Waals surface area contributed by atoms with Gasteiger partial charge in [0.25, 0.3) is 0 Å². The first-order valence-corrected chi connectivity index (χ1v) is 9.52. The SMILES string of the molecule is CC(=O)N[C@@H](Cc1ccc(-c2c3ccccc3cc3ccccc23)cc1)C(=O)O. The average molecular weight is 383 g/mol. The van der Waals surface area contributed by atoms with E-state index in [1.165, 1.54) is 34.0 Å². The quantitative estimate of drug-likeness (QED) is 0.487. The van der Waals surface area contributed by atoms with Crippen LogP contribution >= 0.6 is 0 Å². The number of carboxylic acids is 1. The predicted octanol–water partition coefficient (Wildman–Crippen LogP) is 4.79. The number of nitrogens with one attached hydrogen (secondary N) is 1. The lowest BCUT2D eigenvalue weighted by atomic mass is 9.91. The molecule has 1 amide bonds. The van der Waals surface area contributed by atoms with Gasteiger partial charge in [0.1, 0.15) is 6.04 Å². The van der Waals surface area contributed by atoms with E-state index < -0.39 is 12.0 Å². The molecule has 0 bridgehead atoms. The van der Waals surface area contributed by atoms with Crippen molar-refractivity contribution in [1.29, 1.82) is 0 Å². The van der Waals surface area contributed by atoms with Crippen LogP contribution in [0.3, 0.4) is 0 Å². The monoisotopic (exact) mass is 383 g/mol. The summed E-state index contributed by atoms with van der Waals surface area (Å²) in [6, 6.07) is 25.8. The lowest BCUT2D eigenvalue weighted by Gasteiger charge is -2.15. The van der Waals surface area contributed by atoms with Gasteiger partial charge in [-0.2, -0.15) is 0 Å². The van der Waals surface area contributed by atoms with Gasteiger partial charge in [0.2, 0.25) is 5.91 Å². The van der Waals surface area contributed by atoms with Crippen molar-refractivity contribution in [3.63, 3.8) is 0 Å². The first-order valence-electron chi connectivity index (χ1n) is 9.52. The fraction of sp³-hybridized carbons (Fsp3) is 0.120. The molecule has 29 heavy (non-hydrogen) atoms. The minimum Gasteiger partial charge on any atom is -0.480 e. The summed E-state index contributed by atoms with van der Waals surface area (Å²) in [5, 5.41) is 16.5. The molecule has 4 rings (SSSR count). The van der Waals surface area contributed by atoms with Crippen LogP contribution in [0.4, 0.5) is 0 Å². The Morgan fingerprint density at radius 3 is 1.93 bits per heavy atom. The van der Waals surface area contributed by atoms with E-state index >= 15 is 0 Å². The van der Waals surface area contributed by atoms with E-state index in [1.54, 1.807) is 0 Å². The number of aliphatic carboxylic acids is 1. The van der Waals surface area contributed by atoms with Gasteiger partial charge in [0.15, 0.2) is 0 Å². The van der Waals surface area contributed by atoms with Crippen molar-refractivity contribution in [1.82, 2.24) is 5.32 Å². The minimum absolute atomic E-state index is 0.242. The normalized spacial score (nSPS) is 12.0. The Balaban J connectivity index is 1.76. The highest BCUT2D eigenvalue weighted by Crippen LogP contribution is 2.36. The van der Waals surface area contributed by atoms with Gasteiger partial charge in [-0.25, -0.2) is 4.79 Å². The minimum atomic E-state index is -1.04. The van der Waals surface area contributed by atoms with E-state index in [0.29, 0.717) is 0 Å². The van der Waals surface area contributed by atoms with Crippen molar-refractivity contribution in [2.45, 2.75) is 19.4 Å². The zero-order chi connectivity index (χ0) is 20.4. The predicted molar refractivity (Wildman–Crippen MR) is 116 cm³/mol. The fourth-order valence-corrected chi connectivity index (χ4v) is 3.81. The molecule has 4 aromatic carbocycles. The average Bonchev–Trinajstić information content (AvgIpc) is 2.72. The van der Waals surface area contributed by atoms with Gasteiger partial charge >= 0.3 is 5.97 Å². The Kier molecular flexibility index (Phi) is 5.00. The molecule has 0 heterocycles. The molecule has 0 unspecified atom stereocenters. The van der Waals surface area contributed by atoms with Gasteiger partial charge in [-0.3, -0.25) is 4.79 Å². The fourth-order valence-electron chi connectivity index (χ4n) is 3.81. The van der Waals surface area contributed by atoms with Crippen LogP contribution in [0.1, 0.15) is 12.5 Å². The topological polar surface area (TPSA) is 66.4 Å². The van der Waals surface area contributed by atoms with Gasteiger partial charge in [-0.05, 0) is 44.3 Å². The van der Waals surface area contributed by atoms with Gasteiger partial charge in [0.05, 0.1) is 0 Å². The molecule has 4 aromatic rings. The highest BCUT2D eigenvalue weighted by Gasteiger charge is 2.19. The molecule has 0 radical (unpaired) electrons. The second kappa shape index (κ2) is 7.76. The highest BCUT2D eigenvalue weighted by molar-refractivity contribution is 6.12. The Morgan fingerprint density at radius 1 is 0.862 bits per heavy atom. The number of carbonyl (C=O) groups is 2. The molecular formula is C25H21NO3. The summed E-state index contributed by atoms with van der Waals surface area (Å²) in [7, 11) is 0. The summed E-state index contributed by atoms with van der Waals surface area (Å²) < 4.78 is 0. The van der Waals surface area contributed by atoms with E-state index in [0.717, 1.165) is 11.1 Å². The van der Waals surface area contributed by atoms with Crippen molar-refractivity contribution < 1.29 is 14.7 Å². The maximum absolute atomic E-state index is 11.4. The zero-order valence-corrected chi connectivity index (χ0v) is 16.1. The molecule has 0 aliphatic rings. The van der Waals surface area contributed by atoms with Gasteiger partial charge in [-0.15, -0.1) is 0 Å². The van der Waals surface area contributed by atoms with E-state index in [9.17, 15) is 14.7 Å². The van der Waals surface area contributed by atoms with Gasteiger partial charge in [-0.1, -0.05) is 72.8 Å². The molecule has 4 nitrogen and oxygen atoms in total. The number of fused-ring (bicyclic) bond motifs is 2. The number of amides is 1. The van der Waals surface area contributed by atoms with Gasteiger partial charge in [0, 0.05) is 13.3 Å². The number of carboxylic acid groups (broad SMARTS) is 1. The summed E-state index contributed by atoms with van der Waals surface area (Å²) in [5.74, 6) is -1.39. The Morgan fingerprint density at radius 2 is 1.41 bits per heavy atom. The molecule has 4 heteroatoms. The van der Waals surface area contributed by atoms with Crippen molar-refractivity contribution in [2.75, 3.05) is 0 Å². The van der Waals surface area contributed by atoms with E-state index in [2.05, 4.69) is 35.6 Å². The molecule has 0 saturated carbocycles. The molecule has 2 N–H and O–H groups in total. The Labute approximate surface area is 168 Å².